The van der Waals surface area contributed by atoms with Crippen molar-refractivity contribution in [3.8, 4) is 5.75 Å². The lowest BCUT2D eigenvalue weighted by atomic mass is 10.2. The minimum atomic E-state index is -2.23. The molecule has 1 aromatic heterocycles. The molecule has 0 aliphatic rings. The molecule has 0 radical (unpaired) electrons. The number of hydrogen-bond acceptors (Lipinski definition) is 3. The molecule has 0 bridgehead atoms. The van der Waals surface area contributed by atoms with Gasteiger partial charge in [0.05, 0.1) is 0 Å². The monoisotopic (exact) mass is 309 g/mol. The third-order valence-corrected chi connectivity index (χ3v) is 3.47. The van der Waals surface area contributed by atoms with Crippen molar-refractivity contribution in [2.24, 2.45) is 5.73 Å². The zero-order valence-electron chi connectivity index (χ0n) is 9.80. The first-order chi connectivity index (χ1) is 9.47. The topological polar surface area (TPSA) is 35.2 Å². The summed E-state index contributed by atoms with van der Waals surface area (Å²) in [6.45, 7) is -0.181. The van der Waals surface area contributed by atoms with Gasteiger partial charge in [-0.1, -0.05) is 6.07 Å². The third kappa shape index (κ3) is 2.48. The minimum absolute atomic E-state index is 0.181. The molecule has 2 rings (SSSR count). The zero-order chi connectivity index (χ0) is 14.9. The highest BCUT2D eigenvalue weighted by Crippen LogP contribution is 2.33. The predicted molar refractivity (Wildman–Crippen MR) is 63.0 cm³/mol. The number of ether oxygens (including phenoxy) is 1. The highest BCUT2D eigenvalue weighted by atomic mass is 32.1. The van der Waals surface area contributed by atoms with E-state index in [0.717, 1.165) is 0 Å². The molecule has 0 saturated heterocycles. The molecule has 0 spiro atoms. The number of nitrogens with two attached hydrogens (primary N) is 1. The van der Waals surface area contributed by atoms with Crippen molar-refractivity contribution in [1.29, 1.82) is 0 Å². The van der Waals surface area contributed by atoms with Crippen LogP contribution in [0.4, 0.5) is 22.0 Å². The molecule has 108 valence electrons. The van der Waals surface area contributed by atoms with E-state index in [1.54, 1.807) is 17.5 Å². The molecule has 0 saturated carbocycles. The highest BCUT2D eigenvalue weighted by molar-refractivity contribution is 7.10. The first-order valence-corrected chi connectivity index (χ1v) is 6.26. The van der Waals surface area contributed by atoms with Crippen LogP contribution in [0.25, 0.3) is 0 Å². The Hall–Kier alpha value is -1.67. The first kappa shape index (κ1) is 14.7. The maximum atomic E-state index is 13.5. The molecule has 2 nitrogen and oxygen atoms in total. The van der Waals surface area contributed by atoms with Gasteiger partial charge in [0, 0.05) is 11.4 Å². The van der Waals surface area contributed by atoms with E-state index in [0.29, 0.717) is 4.88 Å². The molecule has 0 aliphatic carbocycles. The Bertz CT molecular complexity index is 588. The fourth-order valence-electron chi connectivity index (χ4n) is 1.53. The molecule has 0 aliphatic heterocycles. The van der Waals surface area contributed by atoms with E-state index < -0.39 is 40.9 Å². The number of benzene rings is 1. The standard InChI is InChI=1S/C12H8F5NOS/c13-7-8(14)10(16)12(11(17)9(7)15)19-5(4-18)6-2-1-3-20-6/h1-3,5H,4,18H2. The number of halogens is 5. The molecular weight excluding hydrogens is 301 g/mol. The third-order valence-electron chi connectivity index (χ3n) is 2.50. The summed E-state index contributed by atoms with van der Waals surface area (Å²) in [5, 5.41) is 1.67. The van der Waals surface area contributed by atoms with Crippen LogP contribution in [0.1, 0.15) is 11.0 Å². The van der Waals surface area contributed by atoms with Crippen LogP contribution in [0.2, 0.25) is 0 Å². The second-order valence-corrected chi connectivity index (χ2v) is 4.74. The fraction of sp³-hybridized carbons (Fsp3) is 0.167. The summed E-state index contributed by atoms with van der Waals surface area (Å²) in [6.07, 6.45) is -0.997. The highest BCUT2D eigenvalue weighted by Gasteiger charge is 2.29. The van der Waals surface area contributed by atoms with Crippen molar-refractivity contribution in [2.45, 2.75) is 6.10 Å². The molecule has 0 amide bonds. The first-order valence-electron chi connectivity index (χ1n) is 5.39. The van der Waals surface area contributed by atoms with Gasteiger partial charge in [-0.15, -0.1) is 11.3 Å². The van der Waals surface area contributed by atoms with Crippen molar-refractivity contribution in [3.63, 3.8) is 0 Å². The number of thiophene rings is 1. The van der Waals surface area contributed by atoms with Gasteiger partial charge in [0.15, 0.2) is 5.75 Å². The summed E-state index contributed by atoms with van der Waals surface area (Å²) in [4.78, 5) is 0.511. The minimum Gasteiger partial charge on any atom is -0.477 e. The summed E-state index contributed by atoms with van der Waals surface area (Å²) in [5.41, 5.74) is 5.39. The molecular formula is C12H8F5NOS. The molecule has 2 aromatic rings. The van der Waals surface area contributed by atoms with Gasteiger partial charge >= 0.3 is 0 Å². The zero-order valence-corrected chi connectivity index (χ0v) is 10.6. The smallest absolute Gasteiger partial charge is 0.207 e. The lowest BCUT2D eigenvalue weighted by molar-refractivity contribution is 0.188. The molecule has 20 heavy (non-hydrogen) atoms. The molecule has 1 unspecified atom stereocenters. The molecule has 2 N–H and O–H groups in total. The quantitative estimate of drug-likeness (QED) is 0.533. The normalized spacial score (nSPS) is 12.5. The summed E-state index contributed by atoms with van der Waals surface area (Å²) in [6, 6.07) is 3.22. The molecule has 0 fully saturated rings. The maximum Gasteiger partial charge on any atom is 0.207 e. The largest absolute Gasteiger partial charge is 0.477 e. The Morgan fingerprint density at radius 2 is 1.55 bits per heavy atom. The Labute approximate surface area is 114 Å². The lowest BCUT2D eigenvalue weighted by Gasteiger charge is -2.17. The van der Waals surface area contributed by atoms with E-state index in [1.165, 1.54) is 11.3 Å². The van der Waals surface area contributed by atoms with Crippen LogP contribution in [0.5, 0.6) is 5.75 Å². The van der Waals surface area contributed by atoms with E-state index >= 15 is 0 Å². The van der Waals surface area contributed by atoms with Crippen molar-refractivity contribution in [3.05, 3.63) is 51.5 Å². The lowest BCUT2D eigenvalue weighted by Crippen LogP contribution is -2.19. The van der Waals surface area contributed by atoms with E-state index in [4.69, 9.17) is 10.5 Å². The van der Waals surface area contributed by atoms with Crippen LogP contribution in [0, 0.1) is 29.1 Å². The van der Waals surface area contributed by atoms with Crippen LogP contribution < -0.4 is 10.5 Å². The van der Waals surface area contributed by atoms with E-state index in [1.807, 2.05) is 0 Å². The van der Waals surface area contributed by atoms with Gasteiger partial charge in [0.2, 0.25) is 29.1 Å². The van der Waals surface area contributed by atoms with Crippen molar-refractivity contribution < 1.29 is 26.7 Å². The Balaban J connectivity index is 2.43. The predicted octanol–water partition coefficient (Wildman–Crippen LogP) is 3.52. The van der Waals surface area contributed by atoms with E-state index in [2.05, 4.69) is 0 Å². The Kier molecular flexibility index (Phi) is 4.24. The SMILES string of the molecule is NCC(Oc1c(F)c(F)c(F)c(F)c1F)c1cccs1. The summed E-state index contributed by atoms with van der Waals surface area (Å²) in [5.74, 6) is -11.7. The van der Waals surface area contributed by atoms with Gasteiger partial charge in [-0.25, -0.2) is 13.2 Å². The van der Waals surface area contributed by atoms with Crippen LogP contribution >= 0.6 is 11.3 Å². The van der Waals surface area contributed by atoms with Gasteiger partial charge < -0.3 is 10.5 Å². The van der Waals surface area contributed by atoms with Gasteiger partial charge in [-0.05, 0) is 11.4 Å². The van der Waals surface area contributed by atoms with Gasteiger partial charge in [-0.3, -0.25) is 0 Å². The van der Waals surface area contributed by atoms with Crippen LogP contribution in [0.3, 0.4) is 0 Å². The van der Waals surface area contributed by atoms with Crippen molar-refractivity contribution in [2.75, 3.05) is 6.54 Å². The summed E-state index contributed by atoms with van der Waals surface area (Å²) < 4.78 is 70.7. The van der Waals surface area contributed by atoms with Crippen molar-refractivity contribution >= 4 is 11.3 Å². The van der Waals surface area contributed by atoms with Gasteiger partial charge in [-0.2, -0.15) is 8.78 Å². The van der Waals surface area contributed by atoms with Gasteiger partial charge in [0.25, 0.3) is 0 Å². The average molecular weight is 309 g/mol. The van der Waals surface area contributed by atoms with E-state index in [-0.39, 0.29) is 6.54 Å². The van der Waals surface area contributed by atoms with Crippen molar-refractivity contribution in [1.82, 2.24) is 0 Å². The molecule has 1 aromatic carbocycles. The maximum absolute atomic E-state index is 13.5. The Morgan fingerprint density at radius 1 is 1.00 bits per heavy atom. The Morgan fingerprint density at radius 3 is 2.00 bits per heavy atom. The summed E-state index contributed by atoms with van der Waals surface area (Å²) >= 11 is 1.19. The summed E-state index contributed by atoms with van der Waals surface area (Å²) in [7, 11) is 0. The van der Waals surface area contributed by atoms with Crippen LogP contribution in [0.15, 0.2) is 17.5 Å². The molecule has 8 heteroatoms. The average Bonchev–Trinajstić information content (AvgIpc) is 2.97. The van der Waals surface area contributed by atoms with Crippen LogP contribution in [-0.2, 0) is 0 Å². The van der Waals surface area contributed by atoms with Gasteiger partial charge in [0.1, 0.15) is 6.10 Å². The van der Waals surface area contributed by atoms with Crippen LogP contribution in [-0.4, -0.2) is 6.54 Å². The molecule has 1 heterocycles. The number of rotatable bonds is 4. The molecule has 1 atom stereocenters. The fourth-order valence-corrected chi connectivity index (χ4v) is 2.29. The second kappa shape index (κ2) is 5.76. The second-order valence-electron chi connectivity index (χ2n) is 3.76. The van der Waals surface area contributed by atoms with E-state index in [9.17, 15) is 22.0 Å². The number of hydrogen-bond donors (Lipinski definition) is 1.